The molecule has 0 aliphatic rings. The number of hydrogen-bond acceptors (Lipinski definition) is 2. The van der Waals surface area contributed by atoms with Gasteiger partial charge < -0.3 is 22.6 Å². The SMILES string of the molecule is OCC[N+](CCO)(Cc1ccccc1)c1ccccc1.[Cl-]. The first kappa shape index (κ1) is 17.7. The Morgan fingerprint density at radius 3 is 1.67 bits per heavy atom. The molecule has 0 atom stereocenters. The number of aliphatic hydroxyl groups is 2. The molecular formula is C17H22ClNO2. The molecule has 0 bridgehead atoms. The largest absolute Gasteiger partial charge is 1.00 e. The maximum Gasteiger partial charge on any atom is 0.133 e. The Balaban J connectivity index is 0.00000220. The van der Waals surface area contributed by atoms with E-state index in [4.69, 9.17) is 0 Å². The lowest BCUT2D eigenvalue weighted by Crippen LogP contribution is -3.00. The van der Waals surface area contributed by atoms with Crippen LogP contribution in [0.2, 0.25) is 0 Å². The van der Waals surface area contributed by atoms with E-state index in [-0.39, 0.29) is 25.6 Å². The minimum atomic E-state index is 0. The summed E-state index contributed by atoms with van der Waals surface area (Å²) in [5.41, 5.74) is 2.33. The maximum absolute atomic E-state index is 9.47. The highest BCUT2D eigenvalue weighted by atomic mass is 35.5. The number of aliphatic hydroxyl groups excluding tert-OH is 2. The lowest BCUT2D eigenvalue weighted by molar-refractivity contribution is -0.00000720. The van der Waals surface area contributed by atoms with Gasteiger partial charge in [-0.3, -0.25) is 4.48 Å². The highest BCUT2D eigenvalue weighted by molar-refractivity contribution is 5.43. The molecule has 2 aromatic rings. The van der Waals surface area contributed by atoms with Crippen molar-refractivity contribution in [1.82, 2.24) is 4.48 Å². The van der Waals surface area contributed by atoms with Gasteiger partial charge in [0.25, 0.3) is 0 Å². The zero-order valence-electron chi connectivity index (χ0n) is 12.0. The third-order valence-corrected chi connectivity index (χ3v) is 3.69. The predicted octanol–water partition coefficient (Wildman–Crippen LogP) is -0.817. The van der Waals surface area contributed by atoms with Crippen molar-refractivity contribution >= 4 is 5.69 Å². The highest BCUT2D eigenvalue weighted by Crippen LogP contribution is 2.25. The zero-order valence-corrected chi connectivity index (χ0v) is 12.8. The summed E-state index contributed by atoms with van der Waals surface area (Å²) in [4.78, 5) is 0. The van der Waals surface area contributed by atoms with Crippen LogP contribution in [0.5, 0.6) is 0 Å². The van der Waals surface area contributed by atoms with Gasteiger partial charge in [0, 0.05) is 5.56 Å². The molecule has 0 saturated heterocycles. The van der Waals surface area contributed by atoms with Crippen LogP contribution in [0.15, 0.2) is 60.7 Å². The molecule has 2 N–H and O–H groups in total. The second-order valence-corrected chi connectivity index (χ2v) is 5.02. The molecule has 114 valence electrons. The third-order valence-electron chi connectivity index (χ3n) is 3.69. The van der Waals surface area contributed by atoms with Gasteiger partial charge >= 0.3 is 0 Å². The molecule has 0 fully saturated rings. The van der Waals surface area contributed by atoms with Crippen LogP contribution < -0.4 is 16.9 Å². The summed E-state index contributed by atoms with van der Waals surface area (Å²) in [6.45, 7) is 2.16. The summed E-state index contributed by atoms with van der Waals surface area (Å²) >= 11 is 0. The molecule has 3 nitrogen and oxygen atoms in total. The number of nitrogens with zero attached hydrogens (tertiary/aromatic N) is 1. The monoisotopic (exact) mass is 307 g/mol. The zero-order chi connectivity index (χ0) is 14.3. The van der Waals surface area contributed by atoms with Crippen molar-refractivity contribution in [2.75, 3.05) is 26.3 Å². The first-order valence-electron chi connectivity index (χ1n) is 6.98. The quantitative estimate of drug-likeness (QED) is 0.657. The molecule has 4 heteroatoms. The number of benzene rings is 2. The second-order valence-electron chi connectivity index (χ2n) is 5.02. The van der Waals surface area contributed by atoms with Crippen molar-refractivity contribution in [1.29, 1.82) is 0 Å². The maximum atomic E-state index is 9.47. The number of hydrogen-bond donors (Lipinski definition) is 2. The molecular weight excluding hydrogens is 286 g/mol. The summed E-state index contributed by atoms with van der Waals surface area (Å²) in [5, 5.41) is 18.9. The molecule has 0 aromatic heterocycles. The van der Waals surface area contributed by atoms with Gasteiger partial charge in [-0.1, -0.05) is 48.5 Å². The Hall–Kier alpha value is -1.39. The number of para-hydroxylation sites is 1. The Morgan fingerprint density at radius 2 is 1.19 bits per heavy atom. The molecule has 0 unspecified atom stereocenters. The second kappa shape index (κ2) is 8.80. The van der Waals surface area contributed by atoms with E-state index in [0.29, 0.717) is 17.6 Å². The van der Waals surface area contributed by atoms with Crippen molar-refractivity contribution in [3.8, 4) is 0 Å². The van der Waals surface area contributed by atoms with Crippen LogP contribution in [0.25, 0.3) is 0 Å². The molecule has 0 aliphatic heterocycles. The van der Waals surface area contributed by atoms with Gasteiger partial charge in [-0.15, -0.1) is 0 Å². The Morgan fingerprint density at radius 1 is 0.714 bits per heavy atom. The fourth-order valence-electron chi connectivity index (χ4n) is 2.68. The van der Waals surface area contributed by atoms with Crippen LogP contribution in [-0.4, -0.2) is 36.5 Å². The van der Waals surface area contributed by atoms with Gasteiger partial charge in [0.05, 0.1) is 13.2 Å². The molecule has 0 amide bonds. The van der Waals surface area contributed by atoms with E-state index in [1.807, 2.05) is 36.4 Å². The van der Waals surface area contributed by atoms with Crippen molar-refractivity contribution in [3.63, 3.8) is 0 Å². The van der Waals surface area contributed by atoms with Crippen molar-refractivity contribution in [3.05, 3.63) is 66.2 Å². The van der Waals surface area contributed by atoms with Crippen LogP contribution in [-0.2, 0) is 6.54 Å². The first-order chi connectivity index (χ1) is 9.80. The van der Waals surface area contributed by atoms with E-state index < -0.39 is 0 Å². The van der Waals surface area contributed by atoms with E-state index in [2.05, 4.69) is 24.3 Å². The van der Waals surface area contributed by atoms with Crippen molar-refractivity contribution in [2.45, 2.75) is 6.54 Å². The van der Waals surface area contributed by atoms with Crippen molar-refractivity contribution < 1.29 is 22.6 Å². The molecule has 21 heavy (non-hydrogen) atoms. The van der Waals surface area contributed by atoms with Gasteiger partial charge in [-0.2, -0.15) is 0 Å². The smallest absolute Gasteiger partial charge is 0.133 e. The lowest BCUT2D eigenvalue weighted by atomic mass is 10.1. The highest BCUT2D eigenvalue weighted by Gasteiger charge is 2.29. The third kappa shape index (κ3) is 4.55. The van der Waals surface area contributed by atoms with Crippen LogP contribution in [0, 0.1) is 0 Å². The van der Waals surface area contributed by atoms with Gasteiger partial charge in [-0.05, 0) is 12.1 Å². The molecule has 0 spiro atoms. The van der Waals surface area contributed by atoms with E-state index >= 15 is 0 Å². The van der Waals surface area contributed by atoms with Crippen molar-refractivity contribution in [2.24, 2.45) is 0 Å². The average molecular weight is 308 g/mol. The summed E-state index contributed by atoms with van der Waals surface area (Å²) in [6, 6.07) is 20.3. The van der Waals surface area contributed by atoms with E-state index in [1.165, 1.54) is 5.56 Å². The molecule has 2 aromatic carbocycles. The van der Waals surface area contributed by atoms with E-state index in [9.17, 15) is 10.2 Å². The minimum absolute atomic E-state index is 0. The first-order valence-corrected chi connectivity index (χ1v) is 6.98. The fourth-order valence-corrected chi connectivity index (χ4v) is 2.68. The van der Waals surface area contributed by atoms with E-state index in [0.717, 1.165) is 12.2 Å². The Kier molecular flexibility index (Phi) is 7.40. The summed E-state index contributed by atoms with van der Waals surface area (Å²) < 4.78 is 0.567. The average Bonchev–Trinajstić information content (AvgIpc) is 2.49. The van der Waals surface area contributed by atoms with Crippen LogP contribution in [0.3, 0.4) is 0 Å². The fraction of sp³-hybridized carbons (Fsp3) is 0.294. The van der Waals surface area contributed by atoms with E-state index in [1.54, 1.807) is 0 Å². The molecule has 0 aliphatic carbocycles. The Bertz CT molecular complexity index is 499. The van der Waals surface area contributed by atoms with Gasteiger partial charge in [0.1, 0.15) is 25.3 Å². The van der Waals surface area contributed by atoms with Gasteiger partial charge in [0.2, 0.25) is 0 Å². The standard InChI is InChI=1S/C17H22NO2.ClH/c19-13-11-18(12-14-20,17-9-5-2-6-10-17)15-16-7-3-1-4-8-16;/h1-10,19-20H,11-15H2;1H/q+1;/p-1. The molecule has 2 rings (SSSR count). The van der Waals surface area contributed by atoms with Crippen LogP contribution >= 0.6 is 0 Å². The van der Waals surface area contributed by atoms with Gasteiger partial charge in [0.15, 0.2) is 0 Å². The molecule has 0 saturated carbocycles. The lowest BCUT2D eigenvalue weighted by Gasteiger charge is -2.37. The van der Waals surface area contributed by atoms with Gasteiger partial charge in [-0.25, -0.2) is 0 Å². The number of halogens is 1. The summed E-state index contributed by atoms with van der Waals surface area (Å²) in [5.74, 6) is 0. The van der Waals surface area contributed by atoms with Crippen LogP contribution in [0.4, 0.5) is 5.69 Å². The topological polar surface area (TPSA) is 40.5 Å². The number of rotatable bonds is 7. The Labute approximate surface area is 132 Å². The predicted molar refractivity (Wildman–Crippen MR) is 82.3 cm³/mol. The molecule has 0 heterocycles. The summed E-state index contributed by atoms with van der Waals surface area (Å²) in [6.07, 6.45) is 0. The normalized spacial score (nSPS) is 11.0. The number of quaternary nitrogens is 1. The minimum Gasteiger partial charge on any atom is -1.00 e. The van der Waals surface area contributed by atoms with Crippen LogP contribution in [0.1, 0.15) is 5.56 Å². The summed E-state index contributed by atoms with van der Waals surface area (Å²) in [7, 11) is 0. The molecule has 0 radical (unpaired) electrons.